The summed E-state index contributed by atoms with van der Waals surface area (Å²) < 4.78 is 1.59. The lowest BCUT2D eigenvalue weighted by Crippen LogP contribution is -2.19. The predicted molar refractivity (Wildman–Crippen MR) is 74.4 cm³/mol. The first-order chi connectivity index (χ1) is 8.97. The van der Waals surface area contributed by atoms with Gasteiger partial charge in [0, 0.05) is 17.3 Å². The fourth-order valence-corrected chi connectivity index (χ4v) is 2.03. The summed E-state index contributed by atoms with van der Waals surface area (Å²) in [6.45, 7) is 1.93. The Morgan fingerprint density at radius 2 is 2.21 bits per heavy atom. The van der Waals surface area contributed by atoms with Crippen LogP contribution in [-0.2, 0) is 6.42 Å². The van der Waals surface area contributed by atoms with Crippen LogP contribution < -0.4 is 11.5 Å². The van der Waals surface area contributed by atoms with Crippen molar-refractivity contribution in [3.05, 3.63) is 46.7 Å². The molecule has 4 N–H and O–H groups in total. The Bertz CT molecular complexity index is 606. The minimum absolute atomic E-state index is 0.0195. The van der Waals surface area contributed by atoms with Gasteiger partial charge in [-0.05, 0) is 37.1 Å². The summed E-state index contributed by atoms with van der Waals surface area (Å²) in [4.78, 5) is 11.1. The first kappa shape index (κ1) is 13.6. The number of hydrogen-bond acceptors (Lipinski definition) is 3. The van der Waals surface area contributed by atoms with Crippen LogP contribution in [0.3, 0.4) is 0 Å². The standard InChI is InChI=1S/C13H15ClN4O/c1-8(15)6-9-2-3-10(14)7-12(9)18-5-4-11(17-18)13(16)19/h2-5,7-8H,6,15H2,1H3,(H2,16,19). The van der Waals surface area contributed by atoms with E-state index < -0.39 is 5.91 Å². The molecule has 5 nitrogen and oxygen atoms in total. The second kappa shape index (κ2) is 5.42. The number of amides is 1. The van der Waals surface area contributed by atoms with Crippen molar-refractivity contribution in [1.82, 2.24) is 9.78 Å². The Balaban J connectivity index is 2.46. The van der Waals surface area contributed by atoms with Crippen molar-refractivity contribution >= 4 is 17.5 Å². The average Bonchev–Trinajstić information content (AvgIpc) is 2.80. The summed E-state index contributed by atoms with van der Waals surface area (Å²) in [5, 5.41) is 4.73. The van der Waals surface area contributed by atoms with Gasteiger partial charge in [0.15, 0.2) is 0 Å². The van der Waals surface area contributed by atoms with E-state index in [4.69, 9.17) is 23.1 Å². The SMILES string of the molecule is CC(N)Cc1ccc(Cl)cc1-n1ccc(C(N)=O)n1. The molecule has 0 radical (unpaired) electrons. The molecule has 0 spiro atoms. The Hall–Kier alpha value is -1.85. The third-order valence-electron chi connectivity index (χ3n) is 2.68. The Morgan fingerprint density at radius 3 is 2.79 bits per heavy atom. The minimum Gasteiger partial charge on any atom is -0.364 e. The number of primary amides is 1. The summed E-state index contributed by atoms with van der Waals surface area (Å²) in [6, 6.07) is 7.09. The second-order valence-electron chi connectivity index (χ2n) is 4.46. The number of aromatic nitrogens is 2. The highest BCUT2D eigenvalue weighted by atomic mass is 35.5. The number of hydrogen-bond donors (Lipinski definition) is 2. The molecule has 0 bridgehead atoms. The van der Waals surface area contributed by atoms with E-state index in [0.29, 0.717) is 11.4 Å². The molecule has 1 unspecified atom stereocenters. The van der Waals surface area contributed by atoms with E-state index in [-0.39, 0.29) is 11.7 Å². The van der Waals surface area contributed by atoms with Gasteiger partial charge in [-0.3, -0.25) is 4.79 Å². The summed E-state index contributed by atoms with van der Waals surface area (Å²) in [5.74, 6) is -0.561. The van der Waals surface area contributed by atoms with Crippen molar-refractivity contribution in [1.29, 1.82) is 0 Å². The van der Waals surface area contributed by atoms with Gasteiger partial charge in [-0.2, -0.15) is 5.10 Å². The molecule has 0 aliphatic rings. The molecule has 1 aromatic carbocycles. The van der Waals surface area contributed by atoms with Crippen molar-refractivity contribution in [3.63, 3.8) is 0 Å². The van der Waals surface area contributed by atoms with Crippen molar-refractivity contribution in [2.75, 3.05) is 0 Å². The largest absolute Gasteiger partial charge is 0.364 e. The number of carbonyl (C=O) groups is 1. The van der Waals surface area contributed by atoms with Gasteiger partial charge < -0.3 is 11.5 Å². The van der Waals surface area contributed by atoms with Crippen LogP contribution in [0.25, 0.3) is 5.69 Å². The second-order valence-corrected chi connectivity index (χ2v) is 4.90. The monoisotopic (exact) mass is 278 g/mol. The van der Waals surface area contributed by atoms with Crippen molar-refractivity contribution in [3.8, 4) is 5.69 Å². The third kappa shape index (κ3) is 3.13. The molecule has 100 valence electrons. The number of benzene rings is 1. The van der Waals surface area contributed by atoms with Gasteiger partial charge in [0.05, 0.1) is 5.69 Å². The normalized spacial score (nSPS) is 12.4. The minimum atomic E-state index is -0.561. The average molecular weight is 279 g/mol. The molecule has 0 saturated carbocycles. The molecule has 1 amide bonds. The van der Waals surface area contributed by atoms with Gasteiger partial charge in [0.25, 0.3) is 5.91 Å². The van der Waals surface area contributed by atoms with Crippen LogP contribution in [0, 0.1) is 0 Å². The molecule has 0 aliphatic carbocycles. The van der Waals surface area contributed by atoms with E-state index in [0.717, 1.165) is 11.3 Å². The molecule has 2 aromatic rings. The number of nitrogens with zero attached hydrogens (tertiary/aromatic N) is 2. The smallest absolute Gasteiger partial charge is 0.269 e. The van der Waals surface area contributed by atoms with Gasteiger partial charge in [0.1, 0.15) is 5.69 Å². The van der Waals surface area contributed by atoms with Crippen LogP contribution in [0.15, 0.2) is 30.5 Å². The highest BCUT2D eigenvalue weighted by Gasteiger charge is 2.11. The first-order valence-corrected chi connectivity index (χ1v) is 6.25. The molecule has 0 fully saturated rings. The highest BCUT2D eigenvalue weighted by molar-refractivity contribution is 6.30. The van der Waals surface area contributed by atoms with E-state index in [1.165, 1.54) is 0 Å². The van der Waals surface area contributed by atoms with Crippen LogP contribution in [0.5, 0.6) is 0 Å². The zero-order valence-corrected chi connectivity index (χ0v) is 11.3. The maximum absolute atomic E-state index is 11.1. The predicted octanol–water partition coefficient (Wildman–Crippen LogP) is 1.51. The summed E-state index contributed by atoms with van der Waals surface area (Å²) in [7, 11) is 0. The van der Waals surface area contributed by atoms with Gasteiger partial charge in [-0.1, -0.05) is 17.7 Å². The third-order valence-corrected chi connectivity index (χ3v) is 2.91. The van der Waals surface area contributed by atoms with Crippen molar-refractivity contribution in [2.24, 2.45) is 11.5 Å². The van der Waals surface area contributed by atoms with Crippen LogP contribution in [-0.4, -0.2) is 21.7 Å². The topological polar surface area (TPSA) is 86.9 Å². The molecule has 6 heteroatoms. The Labute approximate surface area is 116 Å². The molecule has 0 aliphatic heterocycles. The Kier molecular flexibility index (Phi) is 3.87. The number of carbonyl (C=O) groups excluding carboxylic acids is 1. The molecule has 0 saturated heterocycles. The number of nitrogens with two attached hydrogens (primary N) is 2. The van der Waals surface area contributed by atoms with E-state index in [9.17, 15) is 4.79 Å². The zero-order valence-electron chi connectivity index (χ0n) is 10.5. The van der Waals surface area contributed by atoms with E-state index in [1.54, 1.807) is 29.1 Å². The lowest BCUT2D eigenvalue weighted by Gasteiger charge is -2.12. The van der Waals surface area contributed by atoms with Crippen molar-refractivity contribution in [2.45, 2.75) is 19.4 Å². The van der Waals surface area contributed by atoms with Crippen LogP contribution in [0.1, 0.15) is 23.0 Å². The van der Waals surface area contributed by atoms with Gasteiger partial charge in [-0.15, -0.1) is 0 Å². The Morgan fingerprint density at radius 1 is 1.47 bits per heavy atom. The maximum Gasteiger partial charge on any atom is 0.269 e. The molecule has 1 heterocycles. The molecular formula is C13H15ClN4O. The molecule has 1 aromatic heterocycles. The van der Waals surface area contributed by atoms with Gasteiger partial charge in [-0.25, -0.2) is 4.68 Å². The van der Waals surface area contributed by atoms with Gasteiger partial charge >= 0.3 is 0 Å². The van der Waals surface area contributed by atoms with E-state index in [2.05, 4.69) is 5.10 Å². The molecule has 1 atom stereocenters. The highest BCUT2D eigenvalue weighted by Crippen LogP contribution is 2.21. The summed E-state index contributed by atoms with van der Waals surface area (Å²) in [5.41, 5.74) is 13.0. The fourth-order valence-electron chi connectivity index (χ4n) is 1.86. The zero-order chi connectivity index (χ0) is 14.0. The lowest BCUT2D eigenvalue weighted by molar-refractivity contribution is 0.0995. The molecule has 19 heavy (non-hydrogen) atoms. The maximum atomic E-state index is 11.1. The van der Waals surface area contributed by atoms with E-state index in [1.807, 2.05) is 13.0 Å². The summed E-state index contributed by atoms with van der Waals surface area (Å²) >= 11 is 6.01. The van der Waals surface area contributed by atoms with Crippen LogP contribution >= 0.6 is 11.6 Å². The lowest BCUT2D eigenvalue weighted by atomic mass is 10.1. The quantitative estimate of drug-likeness (QED) is 0.889. The molecule has 2 rings (SSSR count). The van der Waals surface area contributed by atoms with Crippen LogP contribution in [0.2, 0.25) is 5.02 Å². The van der Waals surface area contributed by atoms with Crippen molar-refractivity contribution < 1.29 is 4.79 Å². The number of halogens is 1. The first-order valence-electron chi connectivity index (χ1n) is 5.87. The number of rotatable bonds is 4. The summed E-state index contributed by atoms with van der Waals surface area (Å²) in [6.07, 6.45) is 2.37. The van der Waals surface area contributed by atoms with Crippen LogP contribution in [0.4, 0.5) is 0 Å². The van der Waals surface area contributed by atoms with E-state index >= 15 is 0 Å². The fraction of sp³-hybridized carbons (Fsp3) is 0.231. The molecular weight excluding hydrogens is 264 g/mol. The van der Waals surface area contributed by atoms with Gasteiger partial charge in [0.2, 0.25) is 0 Å².